The number of anilines is 1. The number of hydrogen-bond donors (Lipinski definition) is 2. The van der Waals surface area contributed by atoms with Crippen LogP contribution in [0.15, 0.2) is 18.2 Å². The van der Waals surface area contributed by atoms with Crippen LogP contribution < -0.4 is 20.5 Å². The Hall–Kier alpha value is -1.46. The van der Waals surface area contributed by atoms with E-state index in [0.29, 0.717) is 36.9 Å². The predicted molar refractivity (Wildman–Crippen MR) is 71.5 cm³/mol. The topological polar surface area (TPSA) is 73.6 Å². The maximum atomic E-state index is 11.6. The van der Waals surface area contributed by atoms with Crippen molar-refractivity contribution in [3.05, 3.63) is 18.2 Å². The minimum Gasteiger partial charge on any atom is -0.486 e. The van der Waals surface area contributed by atoms with Crippen LogP contribution in [0.25, 0.3) is 0 Å². The molecule has 1 aromatic carbocycles. The van der Waals surface area contributed by atoms with Crippen molar-refractivity contribution in [3.8, 4) is 11.5 Å². The normalized spacial score (nSPS) is 14.3. The second kappa shape index (κ2) is 6.47. The third-order valence-corrected chi connectivity index (χ3v) is 2.61. The van der Waals surface area contributed by atoms with Gasteiger partial charge in [-0.25, -0.2) is 0 Å². The third-order valence-electron chi connectivity index (χ3n) is 2.61. The van der Waals surface area contributed by atoms with Crippen LogP contribution in [0.1, 0.15) is 6.92 Å². The van der Waals surface area contributed by atoms with Gasteiger partial charge in [-0.2, -0.15) is 0 Å². The number of carbonyl (C=O) groups is 1. The van der Waals surface area contributed by atoms with Gasteiger partial charge in [0.05, 0.1) is 0 Å². The van der Waals surface area contributed by atoms with E-state index in [1.807, 2.05) is 0 Å². The first-order valence-corrected chi connectivity index (χ1v) is 5.61. The fraction of sp³-hybridized carbons (Fsp3) is 0.417. The molecule has 1 aromatic rings. The predicted octanol–water partition coefficient (Wildman–Crippen LogP) is 1.41. The molecule has 0 aromatic heterocycles. The van der Waals surface area contributed by atoms with Crippen molar-refractivity contribution >= 4 is 24.0 Å². The molecule has 3 N–H and O–H groups in total. The number of carbonyl (C=O) groups excluding carboxylic acids is 1. The Morgan fingerprint density at radius 1 is 1.39 bits per heavy atom. The molecule has 1 amide bonds. The summed E-state index contributed by atoms with van der Waals surface area (Å²) in [6.07, 6.45) is 0. The molecule has 0 fully saturated rings. The molecular weight excluding hydrogens is 256 g/mol. The lowest BCUT2D eigenvalue weighted by molar-refractivity contribution is -0.119. The van der Waals surface area contributed by atoms with Gasteiger partial charge in [0, 0.05) is 24.2 Å². The van der Waals surface area contributed by atoms with E-state index in [1.165, 1.54) is 0 Å². The molecule has 6 heteroatoms. The van der Waals surface area contributed by atoms with Crippen molar-refractivity contribution in [2.75, 3.05) is 25.1 Å². The van der Waals surface area contributed by atoms with Gasteiger partial charge in [-0.15, -0.1) is 12.4 Å². The summed E-state index contributed by atoms with van der Waals surface area (Å²) in [4.78, 5) is 11.6. The van der Waals surface area contributed by atoms with Crippen LogP contribution in [-0.4, -0.2) is 25.7 Å². The Balaban J connectivity index is 0.00000162. The highest BCUT2D eigenvalue weighted by Crippen LogP contribution is 2.32. The molecule has 5 nitrogen and oxygen atoms in total. The van der Waals surface area contributed by atoms with Crippen molar-refractivity contribution in [1.29, 1.82) is 0 Å². The van der Waals surface area contributed by atoms with E-state index < -0.39 is 0 Å². The summed E-state index contributed by atoms with van der Waals surface area (Å²) < 4.78 is 10.8. The zero-order valence-electron chi connectivity index (χ0n) is 10.1. The Kier molecular flexibility index (Phi) is 5.25. The van der Waals surface area contributed by atoms with Crippen LogP contribution in [0.4, 0.5) is 5.69 Å². The number of hydrogen-bond acceptors (Lipinski definition) is 4. The van der Waals surface area contributed by atoms with Crippen molar-refractivity contribution in [1.82, 2.24) is 0 Å². The fourth-order valence-corrected chi connectivity index (χ4v) is 1.49. The smallest absolute Gasteiger partial charge is 0.228 e. The largest absolute Gasteiger partial charge is 0.486 e. The van der Waals surface area contributed by atoms with Crippen molar-refractivity contribution < 1.29 is 14.3 Å². The highest BCUT2D eigenvalue weighted by atomic mass is 35.5. The SMILES string of the molecule is CC(CN)C(=O)Nc1ccc2c(c1)OCCO2.Cl. The summed E-state index contributed by atoms with van der Waals surface area (Å²) in [6, 6.07) is 5.33. The fourth-order valence-electron chi connectivity index (χ4n) is 1.49. The Morgan fingerprint density at radius 3 is 2.72 bits per heavy atom. The minimum atomic E-state index is -0.205. The molecule has 18 heavy (non-hydrogen) atoms. The van der Waals surface area contributed by atoms with Crippen LogP contribution in [0, 0.1) is 5.92 Å². The minimum absolute atomic E-state index is 0. The monoisotopic (exact) mass is 272 g/mol. The van der Waals surface area contributed by atoms with Crippen LogP contribution in [0.2, 0.25) is 0 Å². The van der Waals surface area contributed by atoms with E-state index in [0.717, 1.165) is 0 Å². The van der Waals surface area contributed by atoms with Gasteiger partial charge in [-0.05, 0) is 12.1 Å². The average molecular weight is 273 g/mol. The Bertz CT molecular complexity index is 426. The number of benzene rings is 1. The van der Waals surface area contributed by atoms with Gasteiger partial charge in [0.1, 0.15) is 13.2 Å². The molecule has 0 radical (unpaired) electrons. The quantitative estimate of drug-likeness (QED) is 0.873. The lowest BCUT2D eigenvalue weighted by Gasteiger charge is -2.19. The summed E-state index contributed by atoms with van der Waals surface area (Å²) in [6.45, 7) is 3.20. The second-order valence-electron chi connectivity index (χ2n) is 3.98. The highest BCUT2D eigenvalue weighted by molar-refractivity contribution is 5.92. The molecular formula is C12H17ClN2O3. The van der Waals surface area contributed by atoms with E-state index in [4.69, 9.17) is 15.2 Å². The molecule has 0 aliphatic carbocycles. The van der Waals surface area contributed by atoms with Gasteiger partial charge in [0.15, 0.2) is 11.5 Å². The van der Waals surface area contributed by atoms with Crippen LogP contribution in [-0.2, 0) is 4.79 Å². The summed E-state index contributed by atoms with van der Waals surface area (Å²) >= 11 is 0. The number of halogens is 1. The lowest BCUT2D eigenvalue weighted by Crippen LogP contribution is -2.26. The van der Waals surface area contributed by atoms with Crippen molar-refractivity contribution in [2.45, 2.75) is 6.92 Å². The van der Waals surface area contributed by atoms with E-state index >= 15 is 0 Å². The third kappa shape index (κ3) is 3.27. The molecule has 1 atom stereocenters. The zero-order chi connectivity index (χ0) is 12.3. The molecule has 0 saturated carbocycles. The van der Waals surface area contributed by atoms with Gasteiger partial charge >= 0.3 is 0 Å². The number of fused-ring (bicyclic) bond motifs is 1. The molecule has 1 aliphatic rings. The first kappa shape index (κ1) is 14.6. The number of nitrogens with one attached hydrogen (secondary N) is 1. The van der Waals surface area contributed by atoms with E-state index in [2.05, 4.69) is 5.32 Å². The molecule has 2 rings (SSSR count). The summed E-state index contributed by atoms with van der Waals surface area (Å²) in [5, 5.41) is 2.79. The number of rotatable bonds is 3. The zero-order valence-corrected chi connectivity index (χ0v) is 11.0. The maximum Gasteiger partial charge on any atom is 0.228 e. The lowest BCUT2D eigenvalue weighted by atomic mass is 10.1. The maximum absolute atomic E-state index is 11.6. The van der Waals surface area contributed by atoms with Crippen LogP contribution in [0.3, 0.4) is 0 Å². The van der Waals surface area contributed by atoms with Gasteiger partial charge in [0.25, 0.3) is 0 Å². The van der Waals surface area contributed by atoms with Crippen molar-refractivity contribution in [3.63, 3.8) is 0 Å². The molecule has 100 valence electrons. The summed E-state index contributed by atoms with van der Waals surface area (Å²) in [7, 11) is 0. The molecule has 1 heterocycles. The number of amides is 1. The van der Waals surface area contributed by atoms with E-state index in [9.17, 15) is 4.79 Å². The first-order chi connectivity index (χ1) is 8.20. The van der Waals surface area contributed by atoms with E-state index in [1.54, 1.807) is 25.1 Å². The van der Waals surface area contributed by atoms with Crippen LogP contribution >= 0.6 is 12.4 Å². The van der Waals surface area contributed by atoms with Gasteiger partial charge in [0.2, 0.25) is 5.91 Å². The summed E-state index contributed by atoms with van der Waals surface area (Å²) in [5.74, 6) is 1.07. The molecule has 0 bridgehead atoms. The Labute approximate surface area is 112 Å². The first-order valence-electron chi connectivity index (χ1n) is 5.61. The summed E-state index contributed by atoms with van der Waals surface area (Å²) in [5.41, 5.74) is 6.13. The highest BCUT2D eigenvalue weighted by Gasteiger charge is 2.14. The second-order valence-corrected chi connectivity index (χ2v) is 3.98. The Morgan fingerprint density at radius 2 is 2.06 bits per heavy atom. The van der Waals surface area contributed by atoms with E-state index in [-0.39, 0.29) is 24.2 Å². The molecule has 0 spiro atoms. The molecule has 1 unspecified atom stereocenters. The number of nitrogens with two attached hydrogens (primary N) is 1. The van der Waals surface area contributed by atoms with Gasteiger partial charge < -0.3 is 20.5 Å². The molecule has 0 saturated heterocycles. The standard InChI is InChI=1S/C12H16N2O3.ClH/c1-8(7-13)12(15)14-9-2-3-10-11(6-9)17-5-4-16-10;/h2-3,6,8H,4-5,7,13H2,1H3,(H,14,15);1H. The van der Waals surface area contributed by atoms with Crippen molar-refractivity contribution in [2.24, 2.45) is 11.7 Å². The number of ether oxygens (including phenoxy) is 2. The average Bonchev–Trinajstić information content (AvgIpc) is 2.37. The van der Waals surface area contributed by atoms with Gasteiger partial charge in [-0.3, -0.25) is 4.79 Å². The van der Waals surface area contributed by atoms with Crippen LogP contribution in [0.5, 0.6) is 11.5 Å². The van der Waals surface area contributed by atoms with Gasteiger partial charge in [-0.1, -0.05) is 6.92 Å². The molecule has 1 aliphatic heterocycles.